The van der Waals surface area contributed by atoms with Gasteiger partial charge in [0.25, 0.3) is 0 Å². The number of halogens is 2. The van der Waals surface area contributed by atoms with Crippen LogP contribution in [-0.2, 0) is 11.3 Å². The molecule has 1 aromatic rings. The Kier molecular flexibility index (Phi) is 4.14. The summed E-state index contributed by atoms with van der Waals surface area (Å²) in [6.45, 7) is 2.21. The number of amides is 1. The van der Waals surface area contributed by atoms with Gasteiger partial charge in [-0.25, -0.2) is 8.78 Å². The van der Waals surface area contributed by atoms with E-state index in [1.54, 1.807) is 11.8 Å². The summed E-state index contributed by atoms with van der Waals surface area (Å²) in [4.78, 5) is 13.8. The Morgan fingerprint density at radius 2 is 2.16 bits per heavy atom. The average Bonchev–Trinajstić information content (AvgIpc) is 3.20. The highest BCUT2D eigenvalue weighted by molar-refractivity contribution is 5.79. The SMILES string of the molecule is CC(CN)C(=O)N(Cc1ccc(F)cc1F)C1CC1. The van der Waals surface area contributed by atoms with E-state index in [4.69, 9.17) is 5.73 Å². The summed E-state index contributed by atoms with van der Waals surface area (Å²) in [5.74, 6) is -1.56. The van der Waals surface area contributed by atoms with Gasteiger partial charge in [0.15, 0.2) is 0 Å². The standard InChI is InChI=1S/C14H18F2N2O/c1-9(7-17)14(19)18(12-4-5-12)8-10-2-3-11(15)6-13(10)16/h2-3,6,9,12H,4-5,7-8,17H2,1H3. The molecule has 1 fully saturated rings. The fourth-order valence-electron chi connectivity index (χ4n) is 1.99. The predicted octanol–water partition coefficient (Wildman–Crippen LogP) is 2.05. The Bertz CT molecular complexity index is 475. The molecule has 0 heterocycles. The van der Waals surface area contributed by atoms with Crippen LogP contribution >= 0.6 is 0 Å². The molecule has 2 rings (SSSR count). The minimum atomic E-state index is -0.612. The van der Waals surface area contributed by atoms with E-state index in [0.29, 0.717) is 5.56 Å². The lowest BCUT2D eigenvalue weighted by atomic mass is 10.1. The molecular weight excluding hydrogens is 250 g/mol. The van der Waals surface area contributed by atoms with Gasteiger partial charge in [0.1, 0.15) is 11.6 Å². The average molecular weight is 268 g/mol. The summed E-state index contributed by atoms with van der Waals surface area (Å²) in [5.41, 5.74) is 5.84. The van der Waals surface area contributed by atoms with Crippen LogP contribution in [0.15, 0.2) is 18.2 Å². The van der Waals surface area contributed by atoms with E-state index >= 15 is 0 Å². The lowest BCUT2D eigenvalue weighted by Gasteiger charge is -2.25. The molecule has 1 amide bonds. The van der Waals surface area contributed by atoms with Crippen LogP contribution in [0.4, 0.5) is 8.78 Å². The van der Waals surface area contributed by atoms with Crippen molar-refractivity contribution in [3.8, 4) is 0 Å². The summed E-state index contributed by atoms with van der Waals surface area (Å²) in [7, 11) is 0. The minimum absolute atomic E-state index is 0.0614. The van der Waals surface area contributed by atoms with Gasteiger partial charge in [-0.15, -0.1) is 0 Å². The molecule has 0 aliphatic heterocycles. The van der Waals surface area contributed by atoms with Crippen LogP contribution in [0.25, 0.3) is 0 Å². The third-order valence-corrected chi connectivity index (χ3v) is 3.40. The first-order valence-corrected chi connectivity index (χ1v) is 6.47. The molecule has 1 aliphatic rings. The number of benzene rings is 1. The van der Waals surface area contributed by atoms with Gasteiger partial charge in [-0.3, -0.25) is 4.79 Å². The number of carbonyl (C=O) groups excluding carboxylic acids is 1. The number of nitrogens with zero attached hydrogens (tertiary/aromatic N) is 1. The Balaban J connectivity index is 2.14. The van der Waals surface area contributed by atoms with Crippen LogP contribution in [0.1, 0.15) is 25.3 Å². The van der Waals surface area contributed by atoms with Crippen LogP contribution in [0.2, 0.25) is 0 Å². The molecule has 1 aromatic carbocycles. The minimum Gasteiger partial charge on any atom is -0.335 e. The van der Waals surface area contributed by atoms with E-state index in [0.717, 1.165) is 18.9 Å². The van der Waals surface area contributed by atoms with Gasteiger partial charge in [-0.05, 0) is 18.9 Å². The van der Waals surface area contributed by atoms with Crippen molar-refractivity contribution in [2.24, 2.45) is 11.7 Å². The molecule has 0 bridgehead atoms. The van der Waals surface area contributed by atoms with E-state index in [1.165, 1.54) is 12.1 Å². The summed E-state index contributed by atoms with van der Waals surface area (Å²) in [6, 6.07) is 3.61. The van der Waals surface area contributed by atoms with E-state index in [-0.39, 0.29) is 31.0 Å². The summed E-state index contributed by atoms with van der Waals surface area (Å²) in [6.07, 6.45) is 1.87. The zero-order valence-electron chi connectivity index (χ0n) is 10.9. The largest absolute Gasteiger partial charge is 0.335 e. The zero-order chi connectivity index (χ0) is 14.0. The van der Waals surface area contributed by atoms with Gasteiger partial charge in [0, 0.05) is 36.7 Å². The smallest absolute Gasteiger partial charge is 0.227 e. The highest BCUT2D eigenvalue weighted by Crippen LogP contribution is 2.30. The van der Waals surface area contributed by atoms with Gasteiger partial charge in [0.05, 0.1) is 0 Å². The Morgan fingerprint density at radius 3 is 2.68 bits per heavy atom. The van der Waals surface area contributed by atoms with Crippen LogP contribution in [-0.4, -0.2) is 23.4 Å². The Morgan fingerprint density at radius 1 is 1.47 bits per heavy atom. The maximum Gasteiger partial charge on any atom is 0.227 e. The van der Waals surface area contributed by atoms with Gasteiger partial charge < -0.3 is 10.6 Å². The molecule has 1 saturated carbocycles. The number of hydrogen-bond donors (Lipinski definition) is 1. The normalized spacial score (nSPS) is 16.2. The van der Waals surface area contributed by atoms with E-state index in [9.17, 15) is 13.6 Å². The molecule has 5 heteroatoms. The molecule has 19 heavy (non-hydrogen) atoms. The van der Waals surface area contributed by atoms with Gasteiger partial charge in [-0.2, -0.15) is 0 Å². The van der Waals surface area contributed by atoms with E-state index in [1.807, 2.05) is 0 Å². The summed E-state index contributed by atoms with van der Waals surface area (Å²) >= 11 is 0. The summed E-state index contributed by atoms with van der Waals surface area (Å²) in [5, 5.41) is 0. The van der Waals surface area contributed by atoms with Crippen molar-refractivity contribution in [1.29, 1.82) is 0 Å². The van der Waals surface area contributed by atoms with Gasteiger partial charge in [-0.1, -0.05) is 13.0 Å². The first kappa shape index (κ1) is 13.9. The van der Waals surface area contributed by atoms with Gasteiger partial charge >= 0.3 is 0 Å². The fraction of sp³-hybridized carbons (Fsp3) is 0.500. The molecular formula is C14H18F2N2O. The fourth-order valence-corrected chi connectivity index (χ4v) is 1.99. The second kappa shape index (κ2) is 5.65. The van der Waals surface area contributed by atoms with Gasteiger partial charge in [0.2, 0.25) is 5.91 Å². The molecule has 1 atom stereocenters. The quantitative estimate of drug-likeness (QED) is 0.888. The number of rotatable bonds is 5. The topological polar surface area (TPSA) is 46.3 Å². The molecule has 0 saturated heterocycles. The molecule has 3 nitrogen and oxygen atoms in total. The second-order valence-electron chi connectivity index (χ2n) is 5.07. The van der Waals surface area contributed by atoms with E-state index < -0.39 is 11.6 Å². The van der Waals surface area contributed by atoms with Crippen molar-refractivity contribution in [3.63, 3.8) is 0 Å². The Hall–Kier alpha value is -1.49. The lowest BCUT2D eigenvalue weighted by Crippen LogP contribution is -2.39. The first-order chi connectivity index (χ1) is 9.02. The monoisotopic (exact) mass is 268 g/mol. The Labute approximate surface area is 111 Å². The highest BCUT2D eigenvalue weighted by atomic mass is 19.1. The molecule has 2 N–H and O–H groups in total. The van der Waals surface area contributed by atoms with Crippen molar-refractivity contribution in [3.05, 3.63) is 35.4 Å². The summed E-state index contributed by atoms with van der Waals surface area (Å²) < 4.78 is 26.5. The third-order valence-electron chi connectivity index (χ3n) is 3.40. The zero-order valence-corrected chi connectivity index (χ0v) is 10.9. The third kappa shape index (κ3) is 3.29. The second-order valence-corrected chi connectivity index (χ2v) is 5.07. The van der Waals surface area contributed by atoms with Crippen molar-refractivity contribution in [2.45, 2.75) is 32.4 Å². The molecule has 104 valence electrons. The van der Waals surface area contributed by atoms with Crippen LogP contribution in [0.5, 0.6) is 0 Å². The van der Waals surface area contributed by atoms with E-state index in [2.05, 4.69) is 0 Å². The maximum atomic E-state index is 13.6. The van der Waals surface area contributed by atoms with Crippen molar-refractivity contribution < 1.29 is 13.6 Å². The predicted molar refractivity (Wildman–Crippen MR) is 68.1 cm³/mol. The molecule has 1 aliphatic carbocycles. The molecule has 0 spiro atoms. The van der Waals surface area contributed by atoms with Crippen LogP contribution in [0, 0.1) is 17.6 Å². The van der Waals surface area contributed by atoms with Crippen molar-refractivity contribution in [1.82, 2.24) is 4.90 Å². The number of carbonyl (C=O) groups is 1. The maximum absolute atomic E-state index is 13.6. The highest BCUT2D eigenvalue weighted by Gasteiger charge is 2.34. The molecule has 0 radical (unpaired) electrons. The molecule has 1 unspecified atom stereocenters. The molecule has 0 aromatic heterocycles. The number of nitrogens with two attached hydrogens (primary N) is 1. The van der Waals surface area contributed by atoms with Crippen LogP contribution < -0.4 is 5.73 Å². The van der Waals surface area contributed by atoms with Crippen molar-refractivity contribution in [2.75, 3.05) is 6.54 Å². The lowest BCUT2D eigenvalue weighted by molar-refractivity contribution is -0.135. The number of hydrogen-bond acceptors (Lipinski definition) is 2. The first-order valence-electron chi connectivity index (χ1n) is 6.47. The van der Waals surface area contributed by atoms with Crippen molar-refractivity contribution >= 4 is 5.91 Å². The van der Waals surface area contributed by atoms with Crippen LogP contribution in [0.3, 0.4) is 0 Å².